The number of aromatic nitrogens is 4. The first-order valence-corrected chi connectivity index (χ1v) is 7.70. The molecule has 0 saturated carbocycles. The monoisotopic (exact) mass is 304 g/mol. The highest BCUT2D eigenvalue weighted by Gasteiger charge is 2.19. The van der Waals surface area contributed by atoms with Gasteiger partial charge in [0.1, 0.15) is 12.9 Å². The Morgan fingerprint density at radius 2 is 1.96 bits per heavy atom. The lowest BCUT2D eigenvalue weighted by molar-refractivity contribution is 0.293. The summed E-state index contributed by atoms with van der Waals surface area (Å²) in [4.78, 5) is 17.0. The number of pyridine rings is 2. The molecule has 0 aliphatic heterocycles. The highest BCUT2D eigenvalue weighted by Crippen LogP contribution is 2.33. The van der Waals surface area contributed by atoms with E-state index >= 15 is 0 Å². The Balaban J connectivity index is 1.66. The van der Waals surface area contributed by atoms with E-state index < -0.39 is 0 Å². The molecular formula is C18H16N4O. The van der Waals surface area contributed by atoms with Gasteiger partial charge in [-0.15, -0.1) is 0 Å². The zero-order chi connectivity index (χ0) is 15.5. The van der Waals surface area contributed by atoms with Crippen LogP contribution in [0.15, 0.2) is 49.3 Å². The Bertz CT molecular complexity index is 806. The molecule has 23 heavy (non-hydrogen) atoms. The van der Waals surface area contributed by atoms with Gasteiger partial charge in [0, 0.05) is 47.7 Å². The van der Waals surface area contributed by atoms with Crippen LogP contribution in [0.1, 0.15) is 23.2 Å². The van der Waals surface area contributed by atoms with Gasteiger partial charge < -0.3 is 4.74 Å². The fourth-order valence-electron chi connectivity index (χ4n) is 2.93. The maximum absolute atomic E-state index is 5.89. The summed E-state index contributed by atoms with van der Waals surface area (Å²) in [6.45, 7) is 0.463. The normalized spacial score (nSPS) is 12.9. The predicted octanol–water partition coefficient (Wildman–Crippen LogP) is 3.00. The summed E-state index contributed by atoms with van der Waals surface area (Å²) in [7, 11) is 0. The van der Waals surface area contributed by atoms with Gasteiger partial charge in [-0.05, 0) is 36.5 Å². The molecule has 5 nitrogen and oxygen atoms in total. The minimum Gasteiger partial charge on any atom is -0.473 e. The largest absolute Gasteiger partial charge is 0.473 e. The second-order valence-corrected chi connectivity index (χ2v) is 5.56. The van der Waals surface area contributed by atoms with E-state index in [2.05, 4.69) is 19.9 Å². The topological polar surface area (TPSA) is 60.8 Å². The van der Waals surface area contributed by atoms with Crippen LogP contribution in [0.5, 0.6) is 5.88 Å². The van der Waals surface area contributed by atoms with Gasteiger partial charge in [0.2, 0.25) is 5.88 Å². The van der Waals surface area contributed by atoms with Crippen molar-refractivity contribution in [1.82, 2.24) is 19.9 Å². The van der Waals surface area contributed by atoms with Crippen molar-refractivity contribution in [3.8, 4) is 17.0 Å². The summed E-state index contributed by atoms with van der Waals surface area (Å²) < 4.78 is 5.89. The molecule has 4 rings (SSSR count). The first-order valence-electron chi connectivity index (χ1n) is 7.70. The molecule has 0 saturated heterocycles. The molecule has 1 aliphatic carbocycles. The Morgan fingerprint density at radius 3 is 2.78 bits per heavy atom. The molecule has 0 unspecified atom stereocenters. The number of aryl methyl sites for hydroxylation is 1. The van der Waals surface area contributed by atoms with Crippen LogP contribution in [-0.2, 0) is 19.4 Å². The van der Waals surface area contributed by atoms with Crippen molar-refractivity contribution in [1.29, 1.82) is 0 Å². The van der Waals surface area contributed by atoms with Crippen molar-refractivity contribution < 1.29 is 4.74 Å². The van der Waals surface area contributed by atoms with Crippen LogP contribution in [0.3, 0.4) is 0 Å². The lowest BCUT2D eigenvalue weighted by Gasteiger charge is -2.12. The van der Waals surface area contributed by atoms with Crippen molar-refractivity contribution in [2.24, 2.45) is 0 Å². The van der Waals surface area contributed by atoms with Crippen molar-refractivity contribution in [2.75, 3.05) is 0 Å². The zero-order valence-corrected chi connectivity index (χ0v) is 12.6. The number of hydrogen-bond donors (Lipinski definition) is 0. The quantitative estimate of drug-likeness (QED) is 0.741. The van der Waals surface area contributed by atoms with E-state index in [4.69, 9.17) is 4.74 Å². The molecule has 5 heteroatoms. The van der Waals surface area contributed by atoms with E-state index in [-0.39, 0.29) is 0 Å². The van der Waals surface area contributed by atoms with Crippen LogP contribution in [0.25, 0.3) is 11.1 Å². The Morgan fingerprint density at radius 1 is 1.04 bits per heavy atom. The fourth-order valence-corrected chi connectivity index (χ4v) is 2.93. The maximum atomic E-state index is 5.89. The molecule has 0 spiro atoms. The molecule has 114 valence electrons. The lowest BCUT2D eigenvalue weighted by Crippen LogP contribution is -2.01. The molecule has 0 radical (unpaired) electrons. The van der Waals surface area contributed by atoms with Crippen LogP contribution >= 0.6 is 0 Å². The van der Waals surface area contributed by atoms with Gasteiger partial charge in [-0.2, -0.15) is 0 Å². The van der Waals surface area contributed by atoms with Gasteiger partial charge in [0.15, 0.2) is 0 Å². The molecule has 0 fully saturated rings. The summed E-state index contributed by atoms with van der Waals surface area (Å²) in [5.74, 6) is 0.647. The Hall–Kier alpha value is -2.82. The molecule has 0 N–H and O–H groups in total. The Labute approximate surface area is 134 Å². The summed E-state index contributed by atoms with van der Waals surface area (Å²) >= 11 is 0. The van der Waals surface area contributed by atoms with E-state index in [1.165, 1.54) is 5.56 Å². The first-order chi connectivity index (χ1) is 11.4. The number of fused-ring (bicyclic) bond motifs is 1. The smallest absolute Gasteiger partial charge is 0.214 e. The minimum absolute atomic E-state index is 0.463. The van der Waals surface area contributed by atoms with Gasteiger partial charge in [0.25, 0.3) is 0 Å². The van der Waals surface area contributed by atoms with E-state index in [1.54, 1.807) is 18.7 Å². The summed E-state index contributed by atoms with van der Waals surface area (Å²) in [6, 6.07) is 5.90. The number of nitrogens with zero attached hydrogens (tertiary/aromatic N) is 4. The molecule has 0 amide bonds. The van der Waals surface area contributed by atoms with Gasteiger partial charge in [-0.3, -0.25) is 4.98 Å². The van der Waals surface area contributed by atoms with Gasteiger partial charge >= 0.3 is 0 Å². The van der Waals surface area contributed by atoms with E-state index in [0.29, 0.717) is 12.5 Å². The van der Waals surface area contributed by atoms with E-state index in [9.17, 15) is 0 Å². The number of hydrogen-bond acceptors (Lipinski definition) is 5. The maximum Gasteiger partial charge on any atom is 0.214 e. The molecule has 3 heterocycles. The van der Waals surface area contributed by atoms with Crippen molar-refractivity contribution in [3.63, 3.8) is 0 Å². The van der Waals surface area contributed by atoms with Gasteiger partial charge in [-0.1, -0.05) is 6.07 Å². The fraction of sp³-hybridized carbons (Fsp3) is 0.222. The molecular weight excluding hydrogens is 288 g/mol. The van der Waals surface area contributed by atoms with Crippen LogP contribution in [0.2, 0.25) is 0 Å². The second-order valence-electron chi connectivity index (χ2n) is 5.56. The molecule has 3 aromatic heterocycles. The van der Waals surface area contributed by atoms with Crippen molar-refractivity contribution >= 4 is 0 Å². The number of ether oxygens (including phenoxy) is 1. The third kappa shape index (κ3) is 2.90. The molecule has 1 aliphatic rings. The lowest BCUT2D eigenvalue weighted by atomic mass is 10.0. The average molecular weight is 304 g/mol. The second kappa shape index (κ2) is 6.12. The average Bonchev–Trinajstić information content (AvgIpc) is 3.09. The summed E-state index contributed by atoms with van der Waals surface area (Å²) in [6.07, 6.45) is 12.0. The van der Waals surface area contributed by atoms with Gasteiger partial charge in [0.05, 0.1) is 0 Å². The first kappa shape index (κ1) is 13.8. The van der Waals surface area contributed by atoms with Crippen LogP contribution in [-0.4, -0.2) is 19.9 Å². The molecule has 3 aromatic rings. The Kier molecular flexibility index (Phi) is 3.68. The van der Waals surface area contributed by atoms with Crippen LogP contribution < -0.4 is 4.74 Å². The highest BCUT2D eigenvalue weighted by molar-refractivity contribution is 5.68. The molecule has 0 bridgehead atoms. The summed E-state index contributed by atoms with van der Waals surface area (Å²) in [5, 5.41) is 0. The predicted molar refractivity (Wildman–Crippen MR) is 85.9 cm³/mol. The molecule has 0 atom stereocenters. The summed E-state index contributed by atoms with van der Waals surface area (Å²) in [5.41, 5.74) is 5.61. The minimum atomic E-state index is 0.463. The molecule has 0 aromatic carbocycles. The third-order valence-electron chi connectivity index (χ3n) is 4.01. The van der Waals surface area contributed by atoms with E-state index in [1.807, 2.05) is 30.6 Å². The zero-order valence-electron chi connectivity index (χ0n) is 12.6. The van der Waals surface area contributed by atoms with Crippen molar-refractivity contribution in [2.45, 2.75) is 25.9 Å². The van der Waals surface area contributed by atoms with Gasteiger partial charge in [-0.25, -0.2) is 15.0 Å². The van der Waals surface area contributed by atoms with E-state index in [0.717, 1.165) is 41.6 Å². The van der Waals surface area contributed by atoms with Crippen LogP contribution in [0.4, 0.5) is 0 Å². The highest BCUT2D eigenvalue weighted by atomic mass is 16.5. The number of rotatable bonds is 4. The third-order valence-corrected chi connectivity index (χ3v) is 4.01. The SMILES string of the molecule is c1cncc(COc2cc(-c3cncnc3)c3c(n2)CCC3)c1. The van der Waals surface area contributed by atoms with Crippen molar-refractivity contribution in [3.05, 3.63) is 66.1 Å². The van der Waals surface area contributed by atoms with Crippen LogP contribution in [0, 0.1) is 0 Å². The standard InChI is InChI=1S/C18H16N4O/c1-4-15-16(14-9-20-12-21-10-14)7-18(22-17(15)5-1)23-11-13-3-2-6-19-8-13/h2-3,6-10,12H,1,4-5,11H2.